The molecule has 2 saturated carbocycles. The van der Waals surface area contributed by atoms with Gasteiger partial charge in [-0.25, -0.2) is 0 Å². The van der Waals surface area contributed by atoms with Crippen molar-refractivity contribution in [3.8, 4) is 0 Å². The minimum absolute atomic E-state index is 0.805. The smallest absolute Gasteiger partial charge is 0.0294 e. The maximum atomic E-state index is 2.51. The van der Waals surface area contributed by atoms with E-state index < -0.39 is 0 Å². The Morgan fingerprint density at radius 1 is 1.33 bits per heavy atom. The number of rotatable bonds is 5. The molecule has 0 aliphatic heterocycles. The summed E-state index contributed by atoms with van der Waals surface area (Å²) < 4.78 is 0. The van der Waals surface area contributed by atoms with Crippen LogP contribution in [0.3, 0.4) is 0 Å². The Labute approximate surface area is 95.8 Å². The van der Waals surface area contributed by atoms with Crippen LogP contribution in [0.15, 0.2) is 0 Å². The van der Waals surface area contributed by atoms with E-state index in [0.29, 0.717) is 0 Å². The van der Waals surface area contributed by atoms with Crippen molar-refractivity contribution in [3.05, 3.63) is 0 Å². The zero-order valence-electron chi connectivity index (χ0n) is 10.9. The zero-order chi connectivity index (χ0) is 10.9. The van der Waals surface area contributed by atoms with Crippen molar-refractivity contribution in [2.24, 2.45) is 23.2 Å². The van der Waals surface area contributed by atoms with Crippen molar-refractivity contribution in [3.63, 3.8) is 0 Å². The largest absolute Gasteiger partial charge is 0.0654 e. The molecule has 4 atom stereocenters. The van der Waals surface area contributed by atoms with Gasteiger partial charge in [0.05, 0.1) is 0 Å². The van der Waals surface area contributed by atoms with Gasteiger partial charge in [-0.05, 0) is 48.9 Å². The second-order valence-electron chi connectivity index (χ2n) is 6.56. The van der Waals surface area contributed by atoms with Crippen LogP contribution in [0.4, 0.5) is 0 Å². The summed E-state index contributed by atoms with van der Waals surface area (Å²) in [5, 5.41) is 0. The summed E-state index contributed by atoms with van der Waals surface area (Å²) >= 11 is 0. The molecule has 0 N–H and O–H groups in total. The van der Waals surface area contributed by atoms with Crippen LogP contribution in [0.2, 0.25) is 0 Å². The first-order valence-corrected chi connectivity index (χ1v) is 7.15. The monoisotopic (exact) mass is 208 g/mol. The maximum Gasteiger partial charge on any atom is -0.0294 e. The average molecular weight is 208 g/mol. The van der Waals surface area contributed by atoms with E-state index in [1.54, 1.807) is 12.8 Å². The predicted molar refractivity (Wildman–Crippen MR) is 66.9 cm³/mol. The molecule has 0 aromatic rings. The quantitative estimate of drug-likeness (QED) is 0.556. The van der Waals surface area contributed by atoms with Crippen LogP contribution in [-0.4, -0.2) is 0 Å². The molecule has 0 radical (unpaired) electrons. The summed E-state index contributed by atoms with van der Waals surface area (Å²) in [6.07, 6.45) is 11.9. The Balaban J connectivity index is 1.70. The molecule has 0 amide bonds. The molecule has 0 spiro atoms. The number of unbranched alkanes of at least 4 members (excludes halogenated alkanes) is 2. The van der Waals surface area contributed by atoms with Gasteiger partial charge in [0, 0.05) is 0 Å². The van der Waals surface area contributed by atoms with Gasteiger partial charge >= 0.3 is 0 Å². The first-order chi connectivity index (χ1) is 7.15. The van der Waals surface area contributed by atoms with E-state index in [-0.39, 0.29) is 0 Å². The summed E-state index contributed by atoms with van der Waals surface area (Å²) in [6.45, 7) is 7.32. The lowest BCUT2D eigenvalue weighted by atomic mass is 9.75. The normalized spacial score (nSPS) is 41.0. The van der Waals surface area contributed by atoms with Crippen LogP contribution in [0.25, 0.3) is 0 Å². The molecule has 2 aliphatic carbocycles. The van der Waals surface area contributed by atoms with Gasteiger partial charge in [0.1, 0.15) is 0 Å². The molecule has 0 bridgehead atoms. The number of fused-ring (bicyclic) bond motifs is 1. The lowest BCUT2D eigenvalue weighted by Crippen LogP contribution is -2.20. The molecule has 0 nitrogen and oxygen atoms in total. The molecule has 88 valence electrons. The average Bonchev–Trinajstić information content (AvgIpc) is 2.88. The second-order valence-corrected chi connectivity index (χ2v) is 6.56. The van der Waals surface area contributed by atoms with Gasteiger partial charge in [-0.3, -0.25) is 0 Å². The van der Waals surface area contributed by atoms with Crippen molar-refractivity contribution in [2.45, 2.75) is 72.1 Å². The summed E-state index contributed by atoms with van der Waals surface area (Å²) in [4.78, 5) is 0. The van der Waals surface area contributed by atoms with Crippen LogP contribution in [0, 0.1) is 23.2 Å². The summed E-state index contributed by atoms with van der Waals surface area (Å²) in [6, 6.07) is 0. The molecular weight excluding hydrogens is 180 g/mol. The van der Waals surface area contributed by atoms with Gasteiger partial charge in [-0.1, -0.05) is 46.5 Å². The van der Waals surface area contributed by atoms with E-state index in [0.717, 1.165) is 23.2 Å². The van der Waals surface area contributed by atoms with E-state index in [9.17, 15) is 0 Å². The van der Waals surface area contributed by atoms with Gasteiger partial charge in [0.2, 0.25) is 0 Å². The fourth-order valence-electron chi connectivity index (χ4n) is 3.65. The summed E-state index contributed by atoms with van der Waals surface area (Å²) in [5.41, 5.74) is 0.805. The molecule has 15 heavy (non-hydrogen) atoms. The van der Waals surface area contributed by atoms with E-state index in [4.69, 9.17) is 0 Å². The topological polar surface area (TPSA) is 0 Å². The highest BCUT2D eigenvalue weighted by Crippen LogP contribution is 2.63. The standard InChI is InChI=1S/C15H28/c1-4-5-6-7-12(2)13-8-9-15(3)11-14(15)10-13/h12-14H,4-11H2,1-3H3. The molecule has 4 unspecified atom stereocenters. The molecule has 2 fully saturated rings. The third-order valence-corrected chi connectivity index (χ3v) is 5.28. The number of hydrogen-bond donors (Lipinski definition) is 0. The van der Waals surface area contributed by atoms with Crippen molar-refractivity contribution >= 4 is 0 Å². The second kappa shape index (κ2) is 4.47. The van der Waals surface area contributed by atoms with Crippen LogP contribution in [0.1, 0.15) is 72.1 Å². The highest BCUT2D eigenvalue weighted by Gasteiger charge is 2.53. The zero-order valence-corrected chi connectivity index (χ0v) is 10.9. The van der Waals surface area contributed by atoms with Gasteiger partial charge in [-0.2, -0.15) is 0 Å². The van der Waals surface area contributed by atoms with Crippen LogP contribution in [-0.2, 0) is 0 Å². The molecule has 0 aromatic carbocycles. The molecule has 2 aliphatic rings. The minimum atomic E-state index is 0.805. The fourth-order valence-corrected chi connectivity index (χ4v) is 3.65. The minimum Gasteiger partial charge on any atom is -0.0654 e. The lowest BCUT2D eigenvalue weighted by molar-refractivity contribution is 0.206. The van der Waals surface area contributed by atoms with Crippen LogP contribution >= 0.6 is 0 Å². The molecule has 0 heteroatoms. The van der Waals surface area contributed by atoms with Crippen LogP contribution in [0.5, 0.6) is 0 Å². The Morgan fingerprint density at radius 2 is 2.13 bits per heavy atom. The fraction of sp³-hybridized carbons (Fsp3) is 1.00. The van der Waals surface area contributed by atoms with E-state index in [1.807, 2.05) is 0 Å². The Morgan fingerprint density at radius 3 is 2.80 bits per heavy atom. The number of hydrogen-bond acceptors (Lipinski definition) is 0. The molecule has 2 rings (SSSR count). The van der Waals surface area contributed by atoms with E-state index in [1.165, 1.54) is 38.5 Å². The lowest BCUT2D eigenvalue weighted by Gasteiger charge is -2.30. The maximum absolute atomic E-state index is 2.51. The van der Waals surface area contributed by atoms with Crippen molar-refractivity contribution in [1.82, 2.24) is 0 Å². The summed E-state index contributed by atoms with van der Waals surface area (Å²) in [7, 11) is 0. The van der Waals surface area contributed by atoms with Crippen molar-refractivity contribution in [2.75, 3.05) is 0 Å². The SMILES string of the molecule is CCCCCC(C)C1CCC2(C)CC2C1. The molecular formula is C15H28. The van der Waals surface area contributed by atoms with Crippen molar-refractivity contribution < 1.29 is 0 Å². The van der Waals surface area contributed by atoms with Gasteiger partial charge in [-0.15, -0.1) is 0 Å². The first-order valence-electron chi connectivity index (χ1n) is 7.15. The Bertz CT molecular complexity index is 208. The van der Waals surface area contributed by atoms with Crippen molar-refractivity contribution in [1.29, 1.82) is 0 Å². The third-order valence-electron chi connectivity index (χ3n) is 5.28. The Hall–Kier alpha value is 0. The van der Waals surface area contributed by atoms with E-state index >= 15 is 0 Å². The molecule has 0 aromatic heterocycles. The van der Waals surface area contributed by atoms with Gasteiger partial charge < -0.3 is 0 Å². The van der Waals surface area contributed by atoms with E-state index in [2.05, 4.69) is 20.8 Å². The highest BCUT2D eigenvalue weighted by atomic mass is 14.6. The molecule has 0 saturated heterocycles. The summed E-state index contributed by atoms with van der Waals surface area (Å²) in [5.74, 6) is 3.19. The first kappa shape index (κ1) is 11.5. The van der Waals surface area contributed by atoms with Crippen LogP contribution < -0.4 is 0 Å². The molecule has 0 heterocycles. The third kappa shape index (κ3) is 2.57. The Kier molecular flexibility index (Phi) is 3.42. The van der Waals surface area contributed by atoms with Gasteiger partial charge in [0.25, 0.3) is 0 Å². The predicted octanol–water partition coefficient (Wildman–Crippen LogP) is 5.03. The van der Waals surface area contributed by atoms with Gasteiger partial charge in [0.15, 0.2) is 0 Å². The highest BCUT2D eigenvalue weighted by molar-refractivity contribution is 5.03.